The van der Waals surface area contributed by atoms with Crippen molar-refractivity contribution in [3.8, 4) is 5.75 Å². The van der Waals surface area contributed by atoms with Gasteiger partial charge >= 0.3 is 0 Å². The fourth-order valence-corrected chi connectivity index (χ4v) is 4.39. The Morgan fingerprint density at radius 3 is 2.93 bits per heavy atom. The lowest BCUT2D eigenvalue weighted by Crippen LogP contribution is -2.34. The fourth-order valence-electron chi connectivity index (χ4n) is 3.25. The second kappa shape index (κ2) is 7.38. The number of nitrogens with one attached hydrogen (secondary N) is 1. The number of fused-ring (bicyclic) bond motifs is 2. The molecule has 5 rings (SSSR count). The van der Waals surface area contributed by atoms with E-state index in [1.807, 2.05) is 30.3 Å². The summed E-state index contributed by atoms with van der Waals surface area (Å²) in [4.78, 5) is 22.8. The average Bonchev–Trinajstić information content (AvgIpc) is 3.21. The number of aromatic nitrogens is 4. The van der Waals surface area contributed by atoms with E-state index in [0.29, 0.717) is 23.0 Å². The van der Waals surface area contributed by atoms with Crippen LogP contribution in [0.25, 0.3) is 11.2 Å². The van der Waals surface area contributed by atoms with Crippen LogP contribution in [0.2, 0.25) is 5.02 Å². The maximum Gasteiger partial charge on any atom is 0.161 e. The SMILES string of the molecule is Oc1ccc2c(c1)CN(c1ccccc1Cl)C(CSc1ncnc3[nH]cnc13)=N2. The van der Waals surface area contributed by atoms with Crippen molar-refractivity contribution in [2.75, 3.05) is 10.7 Å². The van der Waals surface area contributed by atoms with Crippen LogP contribution in [0.15, 0.2) is 65.1 Å². The number of phenolic OH excluding ortho intramolecular Hbond substituents is 1. The summed E-state index contributed by atoms with van der Waals surface area (Å²) in [6.45, 7) is 0.564. The van der Waals surface area contributed by atoms with E-state index >= 15 is 0 Å². The lowest BCUT2D eigenvalue weighted by molar-refractivity contribution is 0.474. The molecule has 4 aromatic rings. The summed E-state index contributed by atoms with van der Waals surface area (Å²) in [6.07, 6.45) is 3.13. The van der Waals surface area contributed by atoms with E-state index < -0.39 is 0 Å². The maximum absolute atomic E-state index is 9.88. The molecule has 29 heavy (non-hydrogen) atoms. The van der Waals surface area contributed by atoms with Gasteiger partial charge in [0.2, 0.25) is 0 Å². The summed E-state index contributed by atoms with van der Waals surface area (Å²) in [5.74, 6) is 1.64. The van der Waals surface area contributed by atoms with Gasteiger partial charge in [-0.3, -0.25) is 0 Å². The van der Waals surface area contributed by atoms with Crippen LogP contribution in [-0.2, 0) is 6.54 Å². The molecule has 0 saturated carbocycles. The summed E-state index contributed by atoms with van der Waals surface area (Å²) >= 11 is 8.02. The molecule has 1 aliphatic rings. The van der Waals surface area contributed by atoms with E-state index in [4.69, 9.17) is 16.6 Å². The molecule has 0 radical (unpaired) electrons. The number of phenols is 1. The zero-order chi connectivity index (χ0) is 19.8. The van der Waals surface area contributed by atoms with Crippen molar-refractivity contribution in [2.24, 2.45) is 4.99 Å². The number of H-pyrrole nitrogens is 1. The van der Waals surface area contributed by atoms with Crippen molar-refractivity contribution in [1.29, 1.82) is 0 Å². The van der Waals surface area contributed by atoms with Crippen molar-refractivity contribution < 1.29 is 5.11 Å². The van der Waals surface area contributed by atoms with Crippen molar-refractivity contribution >= 4 is 51.7 Å². The molecule has 0 amide bonds. The van der Waals surface area contributed by atoms with Crippen LogP contribution in [0.1, 0.15) is 5.56 Å². The Hall–Kier alpha value is -3.10. The molecule has 2 N–H and O–H groups in total. The number of rotatable bonds is 4. The van der Waals surface area contributed by atoms with Crippen molar-refractivity contribution in [3.63, 3.8) is 0 Å². The second-order valence-corrected chi connectivity index (χ2v) is 7.82. The van der Waals surface area contributed by atoms with Gasteiger partial charge in [0.25, 0.3) is 0 Å². The lowest BCUT2D eigenvalue weighted by atomic mass is 10.1. The van der Waals surface area contributed by atoms with E-state index in [1.165, 1.54) is 6.33 Å². The molecule has 2 aromatic carbocycles. The zero-order valence-electron chi connectivity index (χ0n) is 15.1. The van der Waals surface area contributed by atoms with Crippen LogP contribution < -0.4 is 4.90 Å². The predicted molar refractivity (Wildman–Crippen MR) is 115 cm³/mol. The van der Waals surface area contributed by atoms with Gasteiger partial charge in [0.1, 0.15) is 28.5 Å². The number of para-hydroxylation sites is 1. The highest BCUT2D eigenvalue weighted by Gasteiger charge is 2.24. The molecule has 9 heteroatoms. The van der Waals surface area contributed by atoms with Gasteiger partial charge in [-0.15, -0.1) is 0 Å². The highest BCUT2D eigenvalue weighted by Crippen LogP contribution is 2.36. The number of halogens is 1. The monoisotopic (exact) mass is 422 g/mol. The van der Waals surface area contributed by atoms with Gasteiger partial charge in [0.05, 0.1) is 35.0 Å². The highest BCUT2D eigenvalue weighted by atomic mass is 35.5. The third-order valence-electron chi connectivity index (χ3n) is 4.62. The fraction of sp³-hybridized carbons (Fsp3) is 0.100. The Bertz CT molecular complexity index is 1240. The van der Waals surface area contributed by atoms with E-state index in [-0.39, 0.29) is 5.75 Å². The van der Waals surface area contributed by atoms with Gasteiger partial charge in [-0.1, -0.05) is 35.5 Å². The number of nitrogens with zero attached hydrogens (tertiary/aromatic N) is 5. The summed E-state index contributed by atoms with van der Waals surface area (Å²) in [6, 6.07) is 12.9. The van der Waals surface area contributed by atoms with Gasteiger partial charge in [-0.2, -0.15) is 0 Å². The zero-order valence-corrected chi connectivity index (χ0v) is 16.7. The van der Waals surface area contributed by atoms with Crippen LogP contribution in [0.4, 0.5) is 11.4 Å². The number of imidazole rings is 1. The van der Waals surface area contributed by atoms with Gasteiger partial charge in [0, 0.05) is 5.56 Å². The molecular weight excluding hydrogens is 408 g/mol. The number of aliphatic imine (C=N–C) groups is 1. The minimum Gasteiger partial charge on any atom is -0.508 e. The summed E-state index contributed by atoms with van der Waals surface area (Å²) < 4.78 is 0. The quantitative estimate of drug-likeness (QED) is 0.370. The number of benzene rings is 2. The van der Waals surface area contributed by atoms with Crippen LogP contribution in [0, 0.1) is 0 Å². The molecular formula is C20H15ClN6OS. The first-order valence-corrected chi connectivity index (χ1v) is 10.2. The Morgan fingerprint density at radius 2 is 2.03 bits per heavy atom. The molecule has 7 nitrogen and oxygen atoms in total. The predicted octanol–water partition coefficient (Wildman–Crippen LogP) is 4.55. The lowest BCUT2D eigenvalue weighted by Gasteiger charge is -2.31. The normalized spacial score (nSPS) is 13.4. The molecule has 0 saturated heterocycles. The Balaban J connectivity index is 1.52. The van der Waals surface area contributed by atoms with Gasteiger partial charge < -0.3 is 15.0 Å². The Labute approximate surface area is 175 Å². The van der Waals surface area contributed by atoms with Crippen molar-refractivity contribution in [3.05, 3.63) is 65.7 Å². The molecule has 3 heterocycles. The minimum atomic E-state index is 0.220. The van der Waals surface area contributed by atoms with E-state index in [9.17, 15) is 5.11 Å². The molecule has 0 bridgehead atoms. The third kappa shape index (κ3) is 3.41. The maximum atomic E-state index is 9.88. The number of anilines is 1. The molecule has 1 aliphatic heterocycles. The third-order valence-corrected chi connectivity index (χ3v) is 5.91. The van der Waals surface area contributed by atoms with Crippen LogP contribution in [-0.4, -0.2) is 36.6 Å². The first kappa shape index (κ1) is 18.0. The Morgan fingerprint density at radius 1 is 1.14 bits per heavy atom. The van der Waals surface area contributed by atoms with Crippen molar-refractivity contribution in [1.82, 2.24) is 19.9 Å². The van der Waals surface area contributed by atoms with Crippen LogP contribution in [0.5, 0.6) is 5.75 Å². The largest absolute Gasteiger partial charge is 0.508 e. The molecule has 0 unspecified atom stereocenters. The topological polar surface area (TPSA) is 90.3 Å². The number of aromatic amines is 1. The highest BCUT2D eigenvalue weighted by molar-refractivity contribution is 8.00. The minimum absolute atomic E-state index is 0.220. The standard InChI is InChI=1S/C20H15ClN6OS/c21-14-3-1-2-4-16(14)27-8-12-7-13(28)5-6-15(12)26-17(27)9-29-20-18-19(23-10-22-18)24-11-25-20/h1-7,10-11,28H,8-9H2,(H,22,23,24,25). The van der Waals surface area contributed by atoms with Crippen LogP contribution in [0.3, 0.4) is 0 Å². The summed E-state index contributed by atoms with van der Waals surface area (Å²) in [5.41, 5.74) is 4.10. The van der Waals surface area contributed by atoms with Gasteiger partial charge in [0.15, 0.2) is 5.65 Å². The van der Waals surface area contributed by atoms with E-state index in [1.54, 1.807) is 30.2 Å². The van der Waals surface area contributed by atoms with Gasteiger partial charge in [-0.05, 0) is 30.3 Å². The molecule has 2 aromatic heterocycles. The number of amidine groups is 1. The second-order valence-electron chi connectivity index (χ2n) is 6.45. The summed E-state index contributed by atoms with van der Waals surface area (Å²) in [7, 11) is 0. The van der Waals surface area contributed by atoms with Crippen LogP contribution >= 0.6 is 23.4 Å². The number of thioether (sulfide) groups is 1. The molecule has 0 aliphatic carbocycles. The summed E-state index contributed by atoms with van der Waals surface area (Å²) in [5, 5.41) is 11.3. The van der Waals surface area contributed by atoms with Crippen molar-refractivity contribution in [2.45, 2.75) is 11.6 Å². The smallest absolute Gasteiger partial charge is 0.161 e. The molecule has 0 fully saturated rings. The molecule has 0 spiro atoms. The first-order chi connectivity index (χ1) is 14.2. The number of hydrogen-bond acceptors (Lipinski definition) is 7. The molecule has 144 valence electrons. The Kier molecular flexibility index (Phi) is 4.57. The van der Waals surface area contributed by atoms with E-state index in [2.05, 4.69) is 24.8 Å². The first-order valence-electron chi connectivity index (χ1n) is 8.87. The number of hydrogen-bond donors (Lipinski definition) is 2. The molecule has 0 atom stereocenters. The number of aromatic hydroxyl groups is 1. The van der Waals surface area contributed by atoms with E-state index in [0.717, 1.165) is 33.3 Å². The van der Waals surface area contributed by atoms with Gasteiger partial charge in [-0.25, -0.2) is 19.9 Å². The average molecular weight is 423 g/mol.